The third-order valence-corrected chi connectivity index (χ3v) is 3.64. The summed E-state index contributed by atoms with van der Waals surface area (Å²) >= 11 is 0. The Bertz CT molecular complexity index is 661. The molecule has 0 aromatic heterocycles. The maximum absolute atomic E-state index is 10.9. The molecule has 0 radical (unpaired) electrons. The molecule has 2 aromatic rings. The van der Waals surface area contributed by atoms with Crippen LogP contribution in [0.2, 0.25) is 0 Å². The molecule has 1 unspecified atom stereocenters. The fourth-order valence-corrected chi connectivity index (χ4v) is 2.46. The minimum Gasteiger partial charge on any atom is -0.480 e. The number of carboxylic acid groups (broad SMARTS) is 1. The van der Waals surface area contributed by atoms with Crippen molar-refractivity contribution in [2.75, 3.05) is 6.61 Å². The number of hydrogen-bond donors (Lipinski definition) is 1. The number of hydrogen-bond acceptors (Lipinski definition) is 2. The molecule has 3 nitrogen and oxygen atoms in total. The number of carboxylic acids is 1. The molecule has 0 saturated heterocycles. The van der Waals surface area contributed by atoms with Crippen LogP contribution in [0.1, 0.15) is 28.4 Å². The van der Waals surface area contributed by atoms with Crippen molar-refractivity contribution in [2.24, 2.45) is 0 Å². The highest BCUT2D eigenvalue weighted by molar-refractivity contribution is 5.68. The molecule has 0 bridgehead atoms. The van der Waals surface area contributed by atoms with Gasteiger partial charge in [-0.1, -0.05) is 61.2 Å². The molecule has 0 spiro atoms. The summed E-state index contributed by atoms with van der Waals surface area (Å²) in [7, 11) is 0. The maximum Gasteiger partial charge on any atom is 0.329 e. The molecular formula is C19H20O3. The van der Waals surface area contributed by atoms with E-state index in [0.717, 1.165) is 16.7 Å². The van der Waals surface area contributed by atoms with Crippen molar-refractivity contribution in [3.63, 3.8) is 0 Å². The molecule has 3 heteroatoms. The summed E-state index contributed by atoms with van der Waals surface area (Å²) in [5, 5.41) is 8.91. The Balaban J connectivity index is 2.32. The Morgan fingerprint density at radius 2 is 1.91 bits per heavy atom. The molecule has 0 heterocycles. The largest absolute Gasteiger partial charge is 0.480 e. The van der Waals surface area contributed by atoms with E-state index >= 15 is 0 Å². The molecule has 0 amide bonds. The van der Waals surface area contributed by atoms with Crippen LogP contribution in [0.15, 0.2) is 55.1 Å². The van der Waals surface area contributed by atoms with Gasteiger partial charge in [-0.15, -0.1) is 0 Å². The van der Waals surface area contributed by atoms with Crippen LogP contribution in [0.25, 0.3) is 6.08 Å². The first kappa shape index (κ1) is 16.0. The first-order valence-electron chi connectivity index (χ1n) is 7.21. The summed E-state index contributed by atoms with van der Waals surface area (Å²) in [6.07, 6.45) is 2.08. The maximum atomic E-state index is 10.9. The van der Waals surface area contributed by atoms with Crippen molar-refractivity contribution < 1.29 is 14.6 Å². The van der Waals surface area contributed by atoms with Gasteiger partial charge in [-0.2, -0.15) is 0 Å². The predicted octanol–water partition coefficient (Wildman–Crippen LogP) is 4.02. The second kappa shape index (κ2) is 7.57. The van der Waals surface area contributed by atoms with E-state index in [1.54, 1.807) is 6.08 Å². The highest BCUT2D eigenvalue weighted by atomic mass is 16.5. The van der Waals surface area contributed by atoms with Crippen molar-refractivity contribution in [2.45, 2.75) is 19.4 Å². The smallest absolute Gasteiger partial charge is 0.329 e. The monoisotopic (exact) mass is 296 g/mol. The Morgan fingerprint density at radius 1 is 1.23 bits per heavy atom. The molecule has 22 heavy (non-hydrogen) atoms. The second-order valence-electron chi connectivity index (χ2n) is 5.16. The molecule has 0 aliphatic carbocycles. The van der Waals surface area contributed by atoms with Gasteiger partial charge in [0.25, 0.3) is 0 Å². The lowest BCUT2D eigenvalue weighted by Crippen LogP contribution is -2.15. The molecule has 114 valence electrons. The fraction of sp³-hybridized carbons (Fsp3) is 0.211. The van der Waals surface area contributed by atoms with Crippen molar-refractivity contribution >= 4 is 12.0 Å². The van der Waals surface area contributed by atoms with E-state index in [-0.39, 0.29) is 12.7 Å². The average molecular weight is 296 g/mol. The van der Waals surface area contributed by atoms with E-state index in [9.17, 15) is 4.79 Å². The third kappa shape index (κ3) is 4.06. The van der Waals surface area contributed by atoms with E-state index in [0.29, 0.717) is 6.42 Å². The number of ether oxygens (including phenoxy) is 1. The summed E-state index contributed by atoms with van der Waals surface area (Å²) in [5.74, 6) is -0.967. The lowest BCUT2D eigenvalue weighted by atomic mass is 9.95. The Kier molecular flexibility index (Phi) is 5.50. The average Bonchev–Trinajstić information content (AvgIpc) is 2.53. The van der Waals surface area contributed by atoms with Crippen LogP contribution in [-0.2, 0) is 16.0 Å². The molecule has 1 N–H and O–H groups in total. The van der Waals surface area contributed by atoms with Crippen molar-refractivity contribution in [3.8, 4) is 0 Å². The molecule has 1 atom stereocenters. The highest BCUT2D eigenvalue weighted by Gasteiger charge is 2.17. The predicted molar refractivity (Wildman–Crippen MR) is 87.7 cm³/mol. The van der Waals surface area contributed by atoms with Gasteiger partial charge in [-0.05, 0) is 29.2 Å². The third-order valence-electron chi connectivity index (χ3n) is 3.64. The highest BCUT2D eigenvalue weighted by Crippen LogP contribution is 2.27. The lowest BCUT2D eigenvalue weighted by Gasteiger charge is -2.20. The lowest BCUT2D eigenvalue weighted by molar-refractivity contribution is -0.144. The van der Waals surface area contributed by atoms with E-state index in [1.165, 1.54) is 5.56 Å². The van der Waals surface area contributed by atoms with Crippen molar-refractivity contribution in [3.05, 3.63) is 77.4 Å². The molecule has 2 aromatic carbocycles. The normalized spacial score (nSPS) is 11.9. The zero-order chi connectivity index (χ0) is 15.9. The van der Waals surface area contributed by atoms with Crippen LogP contribution < -0.4 is 0 Å². The molecule has 2 rings (SSSR count). The number of aryl methyl sites for hydroxylation is 1. The molecule has 0 saturated carbocycles. The van der Waals surface area contributed by atoms with Gasteiger partial charge in [0.05, 0.1) is 6.10 Å². The minimum atomic E-state index is -0.967. The van der Waals surface area contributed by atoms with Crippen LogP contribution in [0.3, 0.4) is 0 Å². The van der Waals surface area contributed by atoms with Gasteiger partial charge in [0, 0.05) is 6.42 Å². The van der Waals surface area contributed by atoms with Gasteiger partial charge < -0.3 is 9.84 Å². The van der Waals surface area contributed by atoms with E-state index in [1.807, 2.05) is 55.5 Å². The van der Waals surface area contributed by atoms with Gasteiger partial charge in [-0.25, -0.2) is 4.79 Å². The summed E-state index contributed by atoms with van der Waals surface area (Å²) in [6, 6.07) is 15.8. The van der Waals surface area contributed by atoms with Gasteiger partial charge in [0.2, 0.25) is 0 Å². The molecule has 0 aliphatic heterocycles. The molecule has 0 aliphatic rings. The SMILES string of the molecule is C=Cc1ccccc1C(Cc1ccccc1C)OCC(=O)O. The standard InChI is InChI=1S/C19H20O3/c1-3-15-9-6-7-11-17(15)18(22-13-19(20)21)12-16-10-5-4-8-14(16)2/h3-11,18H,1,12-13H2,2H3,(H,20,21). The number of benzene rings is 2. The molecular weight excluding hydrogens is 276 g/mol. The van der Waals surface area contributed by atoms with Gasteiger partial charge >= 0.3 is 5.97 Å². The summed E-state index contributed by atoms with van der Waals surface area (Å²) in [4.78, 5) is 10.9. The minimum absolute atomic E-state index is 0.314. The second-order valence-corrected chi connectivity index (χ2v) is 5.16. The topological polar surface area (TPSA) is 46.5 Å². The van der Waals surface area contributed by atoms with Gasteiger partial charge in [-0.3, -0.25) is 0 Å². The first-order valence-corrected chi connectivity index (χ1v) is 7.21. The van der Waals surface area contributed by atoms with Crippen molar-refractivity contribution in [1.29, 1.82) is 0 Å². The number of rotatable bonds is 7. The Labute approximate surface area is 130 Å². The summed E-state index contributed by atoms with van der Waals surface area (Å²) in [6.45, 7) is 5.55. The van der Waals surface area contributed by atoms with Crippen LogP contribution in [-0.4, -0.2) is 17.7 Å². The van der Waals surface area contributed by atoms with Crippen LogP contribution >= 0.6 is 0 Å². The summed E-state index contributed by atoms with van der Waals surface area (Å²) in [5.41, 5.74) is 4.24. The van der Waals surface area contributed by atoms with Crippen molar-refractivity contribution in [1.82, 2.24) is 0 Å². The van der Waals surface area contributed by atoms with E-state index in [2.05, 4.69) is 6.58 Å². The number of carbonyl (C=O) groups is 1. The van der Waals surface area contributed by atoms with Gasteiger partial charge in [0.15, 0.2) is 0 Å². The van der Waals surface area contributed by atoms with Gasteiger partial charge in [0.1, 0.15) is 6.61 Å². The molecule has 0 fully saturated rings. The van der Waals surface area contributed by atoms with Crippen LogP contribution in [0.4, 0.5) is 0 Å². The Hall–Kier alpha value is -2.39. The fourth-order valence-electron chi connectivity index (χ4n) is 2.46. The Morgan fingerprint density at radius 3 is 2.59 bits per heavy atom. The first-order chi connectivity index (χ1) is 10.6. The zero-order valence-corrected chi connectivity index (χ0v) is 12.7. The summed E-state index contributed by atoms with van der Waals surface area (Å²) < 4.78 is 5.64. The van der Waals surface area contributed by atoms with E-state index < -0.39 is 5.97 Å². The zero-order valence-electron chi connectivity index (χ0n) is 12.7. The van der Waals surface area contributed by atoms with Crippen LogP contribution in [0.5, 0.6) is 0 Å². The number of aliphatic carboxylic acids is 1. The van der Waals surface area contributed by atoms with E-state index in [4.69, 9.17) is 9.84 Å². The van der Waals surface area contributed by atoms with Crippen LogP contribution in [0, 0.1) is 6.92 Å². The quantitative estimate of drug-likeness (QED) is 0.839.